The Kier molecular flexibility index (Phi) is 2.52. The number of aryl methyl sites for hydroxylation is 1. The number of rotatable bonds is 3. The summed E-state index contributed by atoms with van der Waals surface area (Å²) in [6.07, 6.45) is 0. The summed E-state index contributed by atoms with van der Waals surface area (Å²) in [6.45, 7) is 6.13. The van der Waals surface area contributed by atoms with Gasteiger partial charge in [-0.15, -0.1) is 0 Å². The number of aromatic nitrogens is 1. The van der Waals surface area contributed by atoms with Crippen molar-refractivity contribution < 1.29 is 9.01 Å². The van der Waals surface area contributed by atoms with Crippen LogP contribution in [0.15, 0.2) is 10.6 Å². The molecule has 3 nitrogen and oxygen atoms in total. The lowest BCUT2D eigenvalue weighted by Crippen LogP contribution is -2.38. The summed E-state index contributed by atoms with van der Waals surface area (Å²) in [6, 6.07) is 2.00. The molecule has 1 heterocycles. The van der Waals surface area contributed by atoms with Gasteiger partial charge >= 0.3 is 0 Å². The molecule has 0 saturated carbocycles. The predicted molar refractivity (Wildman–Crippen MR) is 47.6 cm³/mol. The van der Waals surface area contributed by atoms with Crippen molar-refractivity contribution in [3.63, 3.8) is 0 Å². The van der Waals surface area contributed by atoms with Gasteiger partial charge in [-0.3, -0.25) is 0 Å². The number of hydrogen-bond donors (Lipinski definition) is 0. The largest absolute Gasteiger partial charge is 0.361 e. The van der Waals surface area contributed by atoms with E-state index in [-0.39, 0.29) is 0 Å². The van der Waals surface area contributed by atoms with Crippen LogP contribution in [-0.2, 0) is 6.54 Å². The van der Waals surface area contributed by atoms with E-state index in [2.05, 4.69) is 26.2 Å². The maximum atomic E-state index is 4.99. The van der Waals surface area contributed by atoms with Crippen molar-refractivity contribution in [1.82, 2.24) is 5.16 Å². The normalized spacial score (nSPS) is 12.0. The van der Waals surface area contributed by atoms with Crippen LogP contribution in [0.25, 0.3) is 0 Å². The minimum Gasteiger partial charge on any atom is -0.361 e. The molecule has 0 aliphatic carbocycles. The fourth-order valence-corrected chi connectivity index (χ4v) is 1.04. The zero-order valence-electron chi connectivity index (χ0n) is 8.29. The second-order valence-electron chi connectivity index (χ2n) is 3.84. The van der Waals surface area contributed by atoms with Crippen molar-refractivity contribution in [3.8, 4) is 0 Å². The number of hydrogen-bond acceptors (Lipinski definition) is 2. The molecule has 0 bridgehead atoms. The van der Waals surface area contributed by atoms with Crippen LogP contribution in [0.5, 0.6) is 0 Å². The van der Waals surface area contributed by atoms with Crippen molar-refractivity contribution >= 4 is 0 Å². The summed E-state index contributed by atoms with van der Waals surface area (Å²) in [4.78, 5) is 0. The van der Waals surface area contributed by atoms with Gasteiger partial charge in [-0.1, -0.05) is 5.16 Å². The lowest BCUT2D eigenvalue weighted by molar-refractivity contribution is -0.902. The highest BCUT2D eigenvalue weighted by Gasteiger charge is 2.15. The van der Waals surface area contributed by atoms with E-state index in [4.69, 9.17) is 4.52 Å². The first-order valence-corrected chi connectivity index (χ1v) is 4.28. The Morgan fingerprint density at radius 2 is 2.17 bits per heavy atom. The molecule has 3 heteroatoms. The van der Waals surface area contributed by atoms with E-state index in [0.29, 0.717) is 0 Å². The van der Waals surface area contributed by atoms with Crippen molar-refractivity contribution in [2.24, 2.45) is 0 Å². The van der Waals surface area contributed by atoms with Crippen LogP contribution in [-0.4, -0.2) is 30.3 Å². The quantitative estimate of drug-likeness (QED) is 0.642. The molecule has 12 heavy (non-hydrogen) atoms. The highest BCUT2D eigenvalue weighted by Crippen LogP contribution is 2.08. The van der Waals surface area contributed by atoms with Crippen LogP contribution in [0.4, 0.5) is 0 Å². The summed E-state index contributed by atoms with van der Waals surface area (Å²) in [5, 5.41) is 3.96. The highest BCUT2D eigenvalue weighted by atomic mass is 16.5. The first-order valence-electron chi connectivity index (χ1n) is 4.28. The van der Waals surface area contributed by atoms with Gasteiger partial charge in [0.1, 0.15) is 18.0 Å². The molecule has 0 aliphatic heterocycles. The lowest BCUT2D eigenvalue weighted by atomic mass is 10.3. The zero-order valence-corrected chi connectivity index (χ0v) is 8.29. The van der Waals surface area contributed by atoms with Gasteiger partial charge in [0.25, 0.3) is 0 Å². The molecule has 1 aromatic heterocycles. The molecule has 0 aliphatic rings. The monoisotopic (exact) mass is 169 g/mol. The Bertz CT molecular complexity index is 253. The summed E-state index contributed by atoms with van der Waals surface area (Å²) in [5.41, 5.74) is 1.04. The van der Waals surface area contributed by atoms with Gasteiger partial charge in [-0.2, -0.15) is 0 Å². The standard InChI is InChI=1S/C9H17N2O/c1-5-11(3,4)7-9-6-8(2)12-10-9/h6H,5,7H2,1-4H3/q+1. The van der Waals surface area contributed by atoms with Crippen molar-refractivity contribution in [3.05, 3.63) is 17.5 Å². The maximum absolute atomic E-state index is 4.99. The second-order valence-corrected chi connectivity index (χ2v) is 3.84. The molecule has 0 unspecified atom stereocenters. The van der Waals surface area contributed by atoms with E-state index in [1.165, 1.54) is 0 Å². The van der Waals surface area contributed by atoms with Gasteiger partial charge < -0.3 is 9.01 Å². The molecule has 0 aromatic carbocycles. The van der Waals surface area contributed by atoms with E-state index in [1.807, 2.05) is 13.0 Å². The third-order valence-corrected chi connectivity index (χ3v) is 2.12. The summed E-state index contributed by atoms with van der Waals surface area (Å²) < 4.78 is 5.95. The fourth-order valence-electron chi connectivity index (χ4n) is 1.04. The zero-order chi connectivity index (χ0) is 9.19. The smallest absolute Gasteiger partial charge is 0.138 e. The fraction of sp³-hybridized carbons (Fsp3) is 0.667. The summed E-state index contributed by atoms with van der Waals surface area (Å²) in [5.74, 6) is 0.890. The van der Waals surface area contributed by atoms with Crippen LogP contribution in [0.3, 0.4) is 0 Å². The first kappa shape index (κ1) is 9.26. The predicted octanol–water partition coefficient (Wildman–Crippen LogP) is 1.58. The van der Waals surface area contributed by atoms with Gasteiger partial charge in [0.2, 0.25) is 0 Å². The van der Waals surface area contributed by atoms with Gasteiger partial charge in [0, 0.05) is 6.07 Å². The molecule has 68 valence electrons. The van der Waals surface area contributed by atoms with Crippen molar-refractivity contribution in [2.75, 3.05) is 20.6 Å². The molecule has 0 radical (unpaired) electrons. The van der Waals surface area contributed by atoms with Gasteiger partial charge in [0.15, 0.2) is 0 Å². The van der Waals surface area contributed by atoms with E-state index in [0.717, 1.165) is 29.0 Å². The molecule has 0 amide bonds. The average Bonchev–Trinajstić information content (AvgIpc) is 2.35. The van der Waals surface area contributed by atoms with E-state index < -0.39 is 0 Å². The molecule has 0 fully saturated rings. The van der Waals surface area contributed by atoms with Crippen LogP contribution in [0.2, 0.25) is 0 Å². The third-order valence-electron chi connectivity index (χ3n) is 2.12. The minimum atomic E-state index is 0.890. The third kappa shape index (κ3) is 2.34. The molecule has 0 atom stereocenters. The molecular formula is C9H17N2O+. The second kappa shape index (κ2) is 3.27. The van der Waals surface area contributed by atoms with Gasteiger partial charge in [-0.05, 0) is 13.8 Å². The minimum absolute atomic E-state index is 0.890. The first-order chi connectivity index (χ1) is 5.53. The molecule has 0 spiro atoms. The molecule has 0 saturated heterocycles. The topological polar surface area (TPSA) is 26.0 Å². The average molecular weight is 169 g/mol. The Morgan fingerprint density at radius 3 is 2.58 bits per heavy atom. The van der Waals surface area contributed by atoms with E-state index >= 15 is 0 Å². The van der Waals surface area contributed by atoms with Crippen LogP contribution < -0.4 is 0 Å². The van der Waals surface area contributed by atoms with Gasteiger partial charge in [0.05, 0.1) is 20.6 Å². The van der Waals surface area contributed by atoms with Crippen LogP contribution in [0.1, 0.15) is 18.4 Å². The van der Waals surface area contributed by atoms with Crippen LogP contribution in [0, 0.1) is 6.92 Å². The highest BCUT2D eigenvalue weighted by molar-refractivity contribution is 5.01. The summed E-state index contributed by atoms with van der Waals surface area (Å²) in [7, 11) is 4.37. The summed E-state index contributed by atoms with van der Waals surface area (Å²) >= 11 is 0. The lowest BCUT2D eigenvalue weighted by Gasteiger charge is -2.26. The van der Waals surface area contributed by atoms with Crippen LogP contribution >= 0.6 is 0 Å². The maximum Gasteiger partial charge on any atom is 0.138 e. The molecular weight excluding hydrogens is 152 g/mol. The Balaban J connectivity index is 2.63. The molecule has 1 rings (SSSR count). The van der Waals surface area contributed by atoms with Crippen molar-refractivity contribution in [2.45, 2.75) is 20.4 Å². The Morgan fingerprint density at radius 1 is 1.50 bits per heavy atom. The van der Waals surface area contributed by atoms with E-state index in [1.54, 1.807) is 0 Å². The number of nitrogens with zero attached hydrogens (tertiary/aromatic N) is 2. The SMILES string of the molecule is CC[N+](C)(C)Cc1cc(C)on1. The van der Waals surface area contributed by atoms with Crippen molar-refractivity contribution in [1.29, 1.82) is 0 Å². The molecule has 1 aromatic rings. The van der Waals surface area contributed by atoms with E-state index in [9.17, 15) is 0 Å². The number of quaternary nitrogens is 1. The molecule has 0 N–H and O–H groups in total. The Hall–Kier alpha value is -0.830. The van der Waals surface area contributed by atoms with Gasteiger partial charge in [-0.25, -0.2) is 0 Å². The Labute approximate surface area is 73.6 Å².